The summed E-state index contributed by atoms with van der Waals surface area (Å²) in [6.45, 7) is 1.14. The third-order valence-electron chi connectivity index (χ3n) is 2.40. The normalized spacial score (nSPS) is 11.6. The Labute approximate surface area is 105 Å². The number of nitrogens with zero attached hydrogens (tertiary/aromatic N) is 1. The SMILES string of the molecule is NS(=O)(=O)c1cccc(CNCc2ncc[nH]2)c1. The maximum Gasteiger partial charge on any atom is 0.238 e. The van der Waals surface area contributed by atoms with E-state index in [1.165, 1.54) is 6.07 Å². The standard InChI is InChI=1S/C11H14N4O2S/c12-18(16,17)10-3-1-2-9(6-10)7-13-8-11-14-4-5-15-11/h1-6,13H,7-8H2,(H,14,15)(H2,12,16,17). The Kier molecular flexibility index (Phi) is 3.75. The molecular weight excluding hydrogens is 252 g/mol. The van der Waals surface area contributed by atoms with Gasteiger partial charge in [0.2, 0.25) is 10.0 Å². The second-order valence-corrected chi connectivity index (χ2v) is 5.39. The largest absolute Gasteiger partial charge is 0.348 e. The highest BCUT2D eigenvalue weighted by atomic mass is 32.2. The van der Waals surface area contributed by atoms with Crippen molar-refractivity contribution in [3.63, 3.8) is 0 Å². The number of hydrogen-bond donors (Lipinski definition) is 3. The fourth-order valence-electron chi connectivity index (χ4n) is 1.55. The first-order chi connectivity index (χ1) is 8.55. The summed E-state index contributed by atoms with van der Waals surface area (Å²) in [7, 11) is -3.64. The predicted octanol–water partition coefficient (Wildman–Crippen LogP) is 0.347. The van der Waals surface area contributed by atoms with Crippen molar-refractivity contribution in [2.24, 2.45) is 5.14 Å². The van der Waals surface area contributed by atoms with Crippen molar-refractivity contribution in [2.45, 2.75) is 18.0 Å². The third-order valence-corrected chi connectivity index (χ3v) is 3.31. The van der Waals surface area contributed by atoms with Gasteiger partial charge in [0.05, 0.1) is 11.4 Å². The fourth-order valence-corrected chi connectivity index (χ4v) is 2.14. The van der Waals surface area contributed by atoms with Crippen LogP contribution in [0.25, 0.3) is 0 Å². The van der Waals surface area contributed by atoms with E-state index in [4.69, 9.17) is 5.14 Å². The van der Waals surface area contributed by atoms with Crippen LogP contribution in [0.4, 0.5) is 0 Å². The predicted molar refractivity (Wildman–Crippen MR) is 66.9 cm³/mol. The molecule has 96 valence electrons. The molecule has 0 saturated carbocycles. The molecular formula is C11H14N4O2S. The number of hydrogen-bond acceptors (Lipinski definition) is 4. The van der Waals surface area contributed by atoms with Gasteiger partial charge in [-0.2, -0.15) is 0 Å². The molecule has 0 aliphatic carbocycles. The summed E-state index contributed by atoms with van der Waals surface area (Å²) in [6.07, 6.45) is 3.43. The van der Waals surface area contributed by atoms with Gasteiger partial charge in [0.1, 0.15) is 5.82 Å². The second-order valence-electron chi connectivity index (χ2n) is 3.83. The molecule has 0 aliphatic rings. The van der Waals surface area contributed by atoms with Crippen molar-refractivity contribution in [1.29, 1.82) is 0 Å². The van der Waals surface area contributed by atoms with Crippen LogP contribution in [0.1, 0.15) is 11.4 Å². The van der Waals surface area contributed by atoms with E-state index in [9.17, 15) is 8.42 Å². The molecule has 0 unspecified atom stereocenters. The summed E-state index contributed by atoms with van der Waals surface area (Å²) >= 11 is 0. The van der Waals surface area contributed by atoms with E-state index in [1.54, 1.807) is 24.5 Å². The van der Waals surface area contributed by atoms with Crippen LogP contribution >= 0.6 is 0 Å². The highest BCUT2D eigenvalue weighted by Crippen LogP contribution is 2.09. The molecule has 0 amide bonds. The lowest BCUT2D eigenvalue weighted by atomic mass is 10.2. The number of benzene rings is 1. The molecule has 18 heavy (non-hydrogen) atoms. The molecule has 1 aromatic heterocycles. The van der Waals surface area contributed by atoms with Gasteiger partial charge in [-0.05, 0) is 17.7 Å². The van der Waals surface area contributed by atoms with Crippen molar-refractivity contribution in [3.05, 3.63) is 48.0 Å². The number of aromatic amines is 1. The van der Waals surface area contributed by atoms with Crippen LogP contribution < -0.4 is 10.5 Å². The maximum absolute atomic E-state index is 11.2. The number of aromatic nitrogens is 2. The van der Waals surface area contributed by atoms with Gasteiger partial charge < -0.3 is 10.3 Å². The van der Waals surface area contributed by atoms with Gasteiger partial charge in [0, 0.05) is 18.9 Å². The molecule has 0 aliphatic heterocycles. The summed E-state index contributed by atoms with van der Waals surface area (Å²) in [6, 6.07) is 6.54. The highest BCUT2D eigenvalue weighted by molar-refractivity contribution is 7.89. The van der Waals surface area contributed by atoms with E-state index < -0.39 is 10.0 Å². The Morgan fingerprint density at radius 3 is 2.83 bits per heavy atom. The van der Waals surface area contributed by atoms with Crippen LogP contribution in [0, 0.1) is 0 Å². The van der Waals surface area contributed by atoms with E-state index >= 15 is 0 Å². The quantitative estimate of drug-likeness (QED) is 0.726. The minimum atomic E-state index is -3.64. The molecule has 7 heteroatoms. The Morgan fingerprint density at radius 1 is 1.33 bits per heavy atom. The smallest absolute Gasteiger partial charge is 0.238 e. The zero-order valence-electron chi connectivity index (χ0n) is 9.63. The van der Waals surface area contributed by atoms with Gasteiger partial charge in [-0.3, -0.25) is 0 Å². The Hall–Kier alpha value is -1.70. The van der Waals surface area contributed by atoms with Crippen LogP contribution in [0.2, 0.25) is 0 Å². The summed E-state index contributed by atoms with van der Waals surface area (Å²) in [5.74, 6) is 0.831. The average molecular weight is 266 g/mol. The minimum Gasteiger partial charge on any atom is -0.348 e. The van der Waals surface area contributed by atoms with E-state index in [1.807, 2.05) is 6.07 Å². The molecule has 0 fully saturated rings. The summed E-state index contributed by atoms with van der Waals surface area (Å²) in [4.78, 5) is 7.16. The summed E-state index contributed by atoms with van der Waals surface area (Å²) < 4.78 is 22.4. The first kappa shape index (κ1) is 12.7. The Bertz CT molecular complexity index is 608. The van der Waals surface area contributed by atoms with E-state index in [0.717, 1.165) is 11.4 Å². The van der Waals surface area contributed by atoms with Crippen LogP contribution in [0.15, 0.2) is 41.6 Å². The van der Waals surface area contributed by atoms with Crippen LogP contribution in [-0.4, -0.2) is 18.4 Å². The number of H-pyrrole nitrogens is 1. The molecule has 0 spiro atoms. The zero-order valence-corrected chi connectivity index (χ0v) is 10.4. The molecule has 0 radical (unpaired) electrons. The number of imidazole rings is 1. The fraction of sp³-hybridized carbons (Fsp3) is 0.182. The molecule has 0 atom stereocenters. The van der Waals surface area contributed by atoms with Crippen molar-refractivity contribution in [3.8, 4) is 0 Å². The monoisotopic (exact) mass is 266 g/mol. The van der Waals surface area contributed by atoms with Gasteiger partial charge in [0.25, 0.3) is 0 Å². The Morgan fingerprint density at radius 2 is 2.17 bits per heavy atom. The number of sulfonamides is 1. The first-order valence-electron chi connectivity index (χ1n) is 5.36. The first-order valence-corrected chi connectivity index (χ1v) is 6.91. The summed E-state index contributed by atoms with van der Waals surface area (Å²) in [5, 5.41) is 8.22. The van der Waals surface area contributed by atoms with Gasteiger partial charge in [0.15, 0.2) is 0 Å². The van der Waals surface area contributed by atoms with Gasteiger partial charge >= 0.3 is 0 Å². The van der Waals surface area contributed by atoms with Gasteiger partial charge in [-0.1, -0.05) is 12.1 Å². The van der Waals surface area contributed by atoms with Crippen molar-refractivity contribution in [1.82, 2.24) is 15.3 Å². The Balaban J connectivity index is 1.98. The number of primary sulfonamides is 1. The highest BCUT2D eigenvalue weighted by Gasteiger charge is 2.07. The van der Waals surface area contributed by atoms with Gasteiger partial charge in [-0.25, -0.2) is 18.5 Å². The summed E-state index contributed by atoms with van der Waals surface area (Å²) in [5.41, 5.74) is 0.855. The van der Waals surface area contributed by atoms with E-state index in [2.05, 4.69) is 15.3 Å². The third kappa shape index (κ3) is 3.39. The van der Waals surface area contributed by atoms with Crippen LogP contribution in [0.3, 0.4) is 0 Å². The molecule has 2 rings (SSSR count). The molecule has 2 aromatic rings. The lowest BCUT2D eigenvalue weighted by molar-refractivity contribution is 0.597. The number of nitrogens with one attached hydrogen (secondary N) is 2. The maximum atomic E-state index is 11.2. The van der Waals surface area contributed by atoms with E-state index in [0.29, 0.717) is 13.1 Å². The molecule has 0 bridgehead atoms. The zero-order chi connectivity index (χ0) is 13.0. The molecule has 1 aromatic carbocycles. The minimum absolute atomic E-state index is 0.125. The van der Waals surface area contributed by atoms with E-state index in [-0.39, 0.29) is 4.90 Å². The molecule has 4 N–H and O–H groups in total. The van der Waals surface area contributed by atoms with Gasteiger partial charge in [-0.15, -0.1) is 0 Å². The van der Waals surface area contributed by atoms with Crippen molar-refractivity contribution >= 4 is 10.0 Å². The van der Waals surface area contributed by atoms with Crippen LogP contribution in [-0.2, 0) is 23.1 Å². The molecule has 1 heterocycles. The number of nitrogens with two attached hydrogens (primary N) is 1. The molecule has 6 nitrogen and oxygen atoms in total. The second kappa shape index (κ2) is 5.30. The van der Waals surface area contributed by atoms with Crippen molar-refractivity contribution < 1.29 is 8.42 Å². The average Bonchev–Trinajstić information content (AvgIpc) is 2.81. The number of rotatable bonds is 5. The van der Waals surface area contributed by atoms with Crippen LogP contribution in [0.5, 0.6) is 0 Å². The van der Waals surface area contributed by atoms with Crippen molar-refractivity contribution in [2.75, 3.05) is 0 Å². The lowest BCUT2D eigenvalue weighted by Crippen LogP contribution is -2.15. The molecule has 0 saturated heterocycles. The topological polar surface area (TPSA) is 101 Å². The lowest BCUT2D eigenvalue weighted by Gasteiger charge is -2.05.